The van der Waals surface area contributed by atoms with Crippen LogP contribution in [0.2, 0.25) is 0 Å². The Morgan fingerprint density at radius 3 is 2.84 bits per heavy atom. The molecule has 1 aliphatic heterocycles. The van der Waals surface area contributed by atoms with Crippen LogP contribution in [0.25, 0.3) is 0 Å². The van der Waals surface area contributed by atoms with E-state index in [2.05, 4.69) is 24.0 Å². The molecule has 0 radical (unpaired) electrons. The number of hydrazine groups is 1. The molecular formula is C14H20N3O2+. The van der Waals surface area contributed by atoms with Gasteiger partial charge in [-0.15, -0.1) is 0 Å². The number of quaternary nitrogens is 1. The van der Waals surface area contributed by atoms with Gasteiger partial charge >= 0.3 is 0 Å². The Morgan fingerprint density at radius 1 is 1.37 bits per heavy atom. The van der Waals surface area contributed by atoms with E-state index in [1.54, 1.807) is 19.2 Å². The van der Waals surface area contributed by atoms with Crippen LogP contribution in [-0.4, -0.2) is 33.2 Å². The molecule has 1 atom stereocenters. The van der Waals surface area contributed by atoms with Gasteiger partial charge < -0.3 is 15.1 Å². The minimum absolute atomic E-state index is 0.190. The van der Waals surface area contributed by atoms with Gasteiger partial charge in [-0.05, 0) is 18.2 Å². The Hall–Kier alpha value is -2.01. The lowest BCUT2D eigenvalue weighted by Gasteiger charge is -2.20. The predicted molar refractivity (Wildman–Crippen MR) is 72.9 cm³/mol. The molecule has 1 amide bonds. The predicted octanol–water partition coefficient (Wildman–Crippen LogP) is -0.268. The third-order valence-electron chi connectivity index (χ3n) is 3.21. The molecule has 5 nitrogen and oxygen atoms in total. The second-order valence-electron chi connectivity index (χ2n) is 4.67. The number of carbonyl (C=O) groups is 1. The molecule has 1 aromatic rings. The lowest BCUT2D eigenvalue weighted by Crippen LogP contribution is -3.09. The second-order valence-corrected chi connectivity index (χ2v) is 4.67. The van der Waals surface area contributed by atoms with Crippen LogP contribution in [0.4, 0.5) is 0 Å². The van der Waals surface area contributed by atoms with Crippen LogP contribution in [0, 0.1) is 0 Å². The summed E-state index contributed by atoms with van der Waals surface area (Å²) < 4.78 is 5.17. The van der Waals surface area contributed by atoms with Gasteiger partial charge in [0.25, 0.3) is 5.91 Å². The highest BCUT2D eigenvalue weighted by Crippen LogP contribution is 2.16. The number of ether oxygens (including phenoxy) is 1. The normalized spacial score (nSPS) is 18.4. The number of nitrogens with one attached hydrogen (secondary N) is 3. The Labute approximate surface area is 113 Å². The number of methoxy groups -OCH3 is 1. The van der Waals surface area contributed by atoms with Gasteiger partial charge in [-0.25, -0.2) is 0 Å². The molecule has 1 aromatic carbocycles. The van der Waals surface area contributed by atoms with Crippen molar-refractivity contribution in [2.45, 2.75) is 6.42 Å². The van der Waals surface area contributed by atoms with Gasteiger partial charge in [0, 0.05) is 12.1 Å². The van der Waals surface area contributed by atoms with Crippen LogP contribution < -0.4 is 20.5 Å². The fourth-order valence-electron chi connectivity index (χ4n) is 2.00. The zero-order chi connectivity index (χ0) is 13.7. The Balaban J connectivity index is 1.94. The van der Waals surface area contributed by atoms with Crippen molar-refractivity contribution in [3.63, 3.8) is 0 Å². The van der Waals surface area contributed by atoms with Crippen LogP contribution >= 0.6 is 0 Å². The number of para-hydroxylation sites is 1. The summed E-state index contributed by atoms with van der Waals surface area (Å²) in [5.41, 5.74) is 7.28. The zero-order valence-electron chi connectivity index (χ0n) is 11.3. The van der Waals surface area contributed by atoms with E-state index in [9.17, 15) is 4.79 Å². The van der Waals surface area contributed by atoms with Crippen LogP contribution in [0.1, 0.15) is 16.8 Å². The first-order valence-electron chi connectivity index (χ1n) is 6.40. The largest absolute Gasteiger partial charge is 0.496 e. The molecule has 0 aromatic heterocycles. The van der Waals surface area contributed by atoms with E-state index < -0.39 is 0 Å². The first-order chi connectivity index (χ1) is 9.20. The minimum Gasteiger partial charge on any atom is -0.496 e. The van der Waals surface area contributed by atoms with Gasteiger partial charge in [0.2, 0.25) is 0 Å². The van der Waals surface area contributed by atoms with Gasteiger partial charge in [-0.2, -0.15) is 0 Å². The highest BCUT2D eigenvalue weighted by Gasteiger charge is 2.13. The summed E-state index contributed by atoms with van der Waals surface area (Å²) in [6.45, 7) is 2.05. The molecule has 5 heteroatoms. The van der Waals surface area contributed by atoms with E-state index in [4.69, 9.17) is 4.74 Å². The molecule has 0 fully saturated rings. The highest BCUT2D eigenvalue weighted by molar-refractivity contribution is 5.96. The average molecular weight is 262 g/mol. The van der Waals surface area contributed by atoms with Crippen molar-refractivity contribution < 1.29 is 14.4 Å². The van der Waals surface area contributed by atoms with Gasteiger partial charge in [-0.3, -0.25) is 10.2 Å². The fraction of sp³-hybridized carbons (Fsp3) is 0.357. The van der Waals surface area contributed by atoms with Crippen LogP contribution in [0.3, 0.4) is 0 Å². The Bertz CT molecular complexity index is 485. The summed E-state index contributed by atoms with van der Waals surface area (Å²) in [7, 11) is 3.71. The van der Waals surface area contributed by atoms with Crippen molar-refractivity contribution in [3.8, 4) is 5.75 Å². The third-order valence-corrected chi connectivity index (χ3v) is 3.21. The van der Waals surface area contributed by atoms with Gasteiger partial charge in [-0.1, -0.05) is 12.1 Å². The standard InChI is InChI=1S/C14H19N3O2/c1-17-9-7-11(8-10-17)15-16-14(18)12-5-3-4-6-13(12)19-2/h3-7,15H,8-10H2,1-2H3,(H,16,18)/p+1. The SMILES string of the molecule is COc1ccccc1C(=O)NNC1=CC[NH+](C)CC1. The summed E-state index contributed by atoms with van der Waals surface area (Å²) in [4.78, 5) is 13.5. The minimum atomic E-state index is -0.190. The molecule has 0 aliphatic carbocycles. The number of benzene rings is 1. The molecule has 0 bridgehead atoms. The molecule has 0 spiro atoms. The van der Waals surface area contributed by atoms with E-state index in [1.807, 2.05) is 12.1 Å². The van der Waals surface area contributed by atoms with Crippen molar-refractivity contribution in [1.29, 1.82) is 0 Å². The van der Waals surface area contributed by atoms with Gasteiger partial charge in [0.15, 0.2) is 0 Å². The maximum absolute atomic E-state index is 12.0. The van der Waals surface area contributed by atoms with Gasteiger partial charge in [0.05, 0.1) is 32.8 Å². The van der Waals surface area contributed by atoms with Gasteiger partial charge in [0.1, 0.15) is 5.75 Å². The maximum atomic E-state index is 12.0. The smallest absolute Gasteiger partial charge is 0.273 e. The lowest BCUT2D eigenvalue weighted by atomic mass is 10.2. The van der Waals surface area contributed by atoms with Crippen molar-refractivity contribution in [3.05, 3.63) is 41.6 Å². The number of hydrogen-bond donors (Lipinski definition) is 3. The third kappa shape index (κ3) is 3.48. The number of hydrogen-bond acceptors (Lipinski definition) is 3. The molecule has 2 rings (SSSR count). The average Bonchev–Trinajstić information content (AvgIpc) is 2.46. The monoisotopic (exact) mass is 262 g/mol. The van der Waals surface area contributed by atoms with Crippen molar-refractivity contribution in [1.82, 2.24) is 10.9 Å². The van der Waals surface area contributed by atoms with Crippen LogP contribution in [-0.2, 0) is 0 Å². The molecular weight excluding hydrogens is 242 g/mol. The summed E-state index contributed by atoms with van der Waals surface area (Å²) in [5, 5.41) is 0. The molecule has 0 saturated heterocycles. The fourth-order valence-corrected chi connectivity index (χ4v) is 2.00. The molecule has 19 heavy (non-hydrogen) atoms. The van der Waals surface area contributed by atoms with Crippen molar-refractivity contribution in [2.24, 2.45) is 0 Å². The summed E-state index contributed by atoms with van der Waals surface area (Å²) in [5.74, 6) is 0.383. The molecule has 1 unspecified atom stereocenters. The Kier molecular flexibility index (Phi) is 4.41. The second kappa shape index (κ2) is 6.24. The Morgan fingerprint density at radius 2 is 2.16 bits per heavy atom. The molecule has 0 saturated carbocycles. The molecule has 3 N–H and O–H groups in total. The van der Waals surface area contributed by atoms with E-state index >= 15 is 0 Å². The topological polar surface area (TPSA) is 54.8 Å². The van der Waals surface area contributed by atoms with Crippen molar-refractivity contribution >= 4 is 5.91 Å². The van der Waals surface area contributed by atoms with E-state index in [1.165, 1.54) is 4.90 Å². The summed E-state index contributed by atoms with van der Waals surface area (Å²) >= 11 is 0. The van der Waals surface area contributed by atoms with E-state index in [0.717, 1.165) is 25.2 Å². The summed E-state index contributed by atoms with van der Waals surface area (Å²) in [6, 6.07) is 7.16. The maximum Gasteiger partial charge on any atom is 0.273 e. The van der Waals surface area contributed by atoms with Crippen LogP contribution in [0.5, 0.6) is 5.75 Å². The molecule has 1 heterocycles. The molecule has 1 aliphatic rings. The molecule has 102 valence electrons. The number of amides is 1. The quantitative estimate of drug-likeness (QED) is 0.655. The summed E-state index contributed by atoms with van der Waals surface area (Å²) in [6.07, 6.45) is 3.05. The highest BCUT2D eigenvalue weighted by atomic mass is 16.5. The van der Waals surface area contributed by atoms with Crippen molar-refractivity contribution in [2.75, 3.05) is 27.2 Å². The number of likely N-dealkylation sites (N-methyl/N-ethyl adjacent to an activating group) is 1. The first-order valence-corrected chi connectivity index (χ1v) is 6.40. The zero-order valence-corrected chi connectivity index (χ0v) is 11.3. The van der Waals surface area contributed by atoms with E-state index in [0.29, 0.717) is 11.3 Å². The van der Waals surface area contributed by atoms with Crippen LogP contribution in [0.15, 0.2) is 36.0 Å². The lowest BCUT2D eigenvalue weighted by molar-refractivity contribution is -0.875. The number of carbonyl (C=O) groups excluding carboxylic acids is 1. The first kappa shape index (κ1) is 13.4. The van der Waals surface area contributed by atoms with E-state index in [-0.39, 0.29) is 5.91 Å². The number of rotatable bonds is 4.